The highest BCUT2D eigenvalue weighted by molar-refractivity contribution is 7.18. The van der Waals surface area contributed by atoms with E-state index in [0.29, 0.717) is 5.92 Å². The zero-order valence-electron chi connectivity index (χ0n) is 14.2. The van der Waals surface area contributed by atoms with Crippen molar-refractivity contribution in [1.29, 1.82) is 0 Å². The molecule has 0 bridgehead atoms. The third kappa shape index (κ3) is 3.86. The van der Waals surface area contributed by atoms with Crippen molar-refractivity contribution in [3.63, 3.8) is 0 Å². The molecule has 2 aromatic heterocycles. The second-order valence-electron chi connectivity index (χ2n) is 6.29. The second-order valence-corrected chi connectivity index (χ2v) is 7.32. The quantitative estimate of drug-likeness (QED) is 0.740. The van der Waals surface area contributed by atoms with E-state index < -0.39 is 0 Å². The van der Waals surface area contributed by atoms with E-state index in [-0.39, 0.29) is 0 Å². The number of hydrogen-bond donors (Lipinski definition) is 2. The summed E-state index contributed by atoms with van der Waals surface area (Å²) in [5.41, 5.74) is 2.29. The Morgan fingerprint density at radius 1 is 1.20 bits per heavy atom. The summed E-state index contributed by atoms with van der Waals surface area (Å²) in [6.07, 6.45) is 4.28. The van der Waals surface area contributed by atoms with Crippen molar-refractivity contribution >= 4 is 22.3 Å². The maximum atomic E-state index is 4.64. The minimum absolute atomic E-state index is 0.465. The van der Waals surface area contributed by atoms with Crippen LogP contribution in [0.25, 0.3) is 10.4 Å². The summed E-state index contributed by atoms with van der Waals surface area (Å²) in [6, 6.07) is 12.4. The number of anilines is 2. The molecule has 0 spiro atoms. The third-order valence-corrected chi connectivity index (χ3v) is 5.33. The van der Waals surface area contributed by atoms with E-state index >= 15 is 0 Å². The molecule has 0 aliphatic carbocycles. The van der Waals surface area contributed by atoms with Crippen LogP contribution in [0, 0.1) is 6.92 Å². The van der Waals surface area contributed by atoms with Crippen LogP contribution in [-0.4, -0.2) is 28.0 Å². The van der Waals surface area contributed by atoms with Gasteiger partial charge in [-0.1, -0.05) is 41.7 Å². The van der Waals surface area contributed by atoms with Crippen LogP contribution in [0.3, 0.4) is 0 Å². The van der Waals surface area contributed by atoms with Crippen LogP contribution in [0.4, 0.5) is 10.9 Å². The number of aromatic nitrogens is 3. The van der Waals surface area contributed by atoms with Crippen molar-refractivity contribution in [3.05, 3.63) is 54.1 Å². The molecule has 0 unspecified atom stereocenters. The largest absolute Gasteiger partial charge is 0.316 e. The summed E-state index contributed by atoms with van der Waals surface area (Å²) < 4.78 is 0. The Morgan fingerprint density at radius 3 is 2.88 bits per heavy atom. The SMILES string of the molecule is Cc1nc(Nc2ncc(-c3ccccc3)s2)cc([C@H]2CCCNC2)n1. The summed E-state index contributed by atoms with van der Waals surface area (Å²) in [5, 5.41) is 7.65. The van der Waals surface area contributed by atoms with Crippen LogP contribution >= 0.6 is 11.3 Å². The van der Waals surface area contributed by atoms with Crippen LogP contribution in [0.5, 0.6) is 0 Å². The molecular weight excluding hydrogens is 330 g/mol. The monoisotopic (exact) mass is 351 g/mol. The van der Waals surface area contributed by atoms with Gasteiger partial charge in [0.25, 0.3) is 0 Å². The van der Waals surface area contributed by atoms with Gasteiger partial charge < -0.3 is 10.6 Å². The molecule has 1 aliphatic rings. The number of piperidine rings is 1. The Bertz CT molecular complexity index is 840. The van der Waals surface area contributed by atoms with Crippen molar-refractivity contribution < 1.29 is 0 Å². The van der Waals surface area contributed by atoms with E-state index in [9.17, 15) is 0 Å². The standard InChI is InChI=1S/C19H21N5S/c1-13-22-16(15-8-5-9-20-11-15)10-18(23-13)24-19-21-12-17(25-19)14-6-3-2-4-7-14/h2-4,6-7,10,12,15,20H,5,8-9,11H2,1H3,(H,21,22,23,24)/t15-/m0/s1. The lowest BCUT2D eigenvalue weighted by molar-refractivity contribution is 0.453. The molecule has 3 heterocycles. The fraction of sp³-hybridized carbons (Fsp3) is 0.316. The highest BCUT2D eigenvalue weighted by Crippen LogP contribution is 2.31. The molecule has 1 aliphatic heterocycles. The number of thiazole rings is 1. The summed E-state index contributed by atoms with van der Waals surface area (Å²) in [4.78, 5) is 14.8. The Balaban J connectivity index is 1.54. The average molecular weight is 351 g/mol. The van der Waals surface area contributed by atoms with Gasteiger partial charge >= 0.3 is 0 Å². The van der Waals surface area contributed by atoms with E-state index in [1.165, 1.54) is 18.4 Å². The van der Waals surface area contributed by atoms with Crippen LogP contribution < -0.4 is 10.6 Å². The Kier molecular flexibility index (Phi) is 4.72. The first-order valence-electron chi connectivity index (χ1n) is 8.62. The van der Waals surface area contributed by atoms with E-state index in [2.05, 4.69) is 43.8 Å². The summed E-state index contributed by atoms with van der Waals surface area (Å²) in [7, 11) is 0. The summed E-state index contributed by atoms with van der Waals surface area (Å²) in [6.45, 7) is 4.04. The van der Waals surface area contributed by atoms with Crippen molar-refractivity contribution in [1.82, 2.24) is 20.3 Å². The molecule has 1 fully saturated rings. The van der Waals surface area contributed by atoms with Gasteiger partial charge in [-0.2, -0.15) is 0 Å². The highest BCUT2D eigenvalue weighted by atomic mass is 32.1. The van der Waals surface area contributed by atoms with Gasteiger partial charge in [0.1, 0.15) is 11.6 Å². The van der Waals surface area contributed by atoms with Gasteiger partial charge in [-0.15, -0.1) is 0 Å². The molecule has 1 aromatic carbocycles. The fourth-order valence-corrected chi connectivity index (χ4v) is 3.97. The van der Waals surface area contributed by atoms with Crippen LogP contribution in [0.15, 0.2) is 42.6 Å². The first-order chi connectivity index (χ1) is 12.3. The van der Waals surface area contributed by atoms with Gasteiger partial charge in [-0.05, 0) is 31.9 Å². The molecule has 1 saturated heterocycles. The van der Waals surface area contributed by atoms with E-state index in [4.69, 9.17) is 0 Å². The minimum Gasteiger partial charge on any atom is -0.316 e. The van der Waals surface area contributed by atoms with Crippen molar-refractivity contribution in [2.75, 3.05) is 18.4 Å². The lowest BCUT2D eigenvalue weighted by atomic mass is 9.96. The number of nitrogens with one attached hydrogen (secondary N) is 2. The second kappa shape index (κ2) is 7.29. The highest BCUT2D eigenvalue weighted by Gasteiger charge is 2.18. The molecule has 4 rings (SSSR count). The van der Waals surface area contributed by atoms with Crippen LogP contribution in [-0.2, 0) is 0 Å². The van der Waals surface area contributed by atoms with Crippen molar-refractivity contribution in [3.8, 4) is 10.4 Å². The van der Waals surface area contributed by atoms with E-state index in [1.54, 1.807) is 11.3 Å². The maximum absolute atomic E-state index is 4.64. The van der Waals surface area contributed by atoms with Gasteiger partial charge in [0.05, 0.1) is 10.6 Å². The lowest BCUT2D eigenvalue weighted by Gasteiger charge is -2.22. The maximum Gasteiger partial charge on any atom is 0.188 e. The number of hydrogen-bond acceptors (Lipinski definition) is 6. The molecule has 6 heteroatoms. The predicted molar refractivity (Wildman–Crippen MR) is 102 cm³/mol. The zero-order valence-corrected chi connectivity index (χ0v) is 15.0. The van der Waals surface area contributed by atoms with Crippen molar-refractivity contribution in [2.24, 2.45) is 0 Å². The average Bonchev–Trinajstić information content (AvgIpc) is 3.11. The molecule has 0 saturated carbocycles. The molecule has 1 atom stereocenters. The molecule has 25 heavy (non-hydrogen) atoms. The Hall–Kier alpha value is -2.31. The van der Waals surface area contributed by atoms with E-state index in [0.717, 1.165) is 40.4 Å². The number of aryl methyl sites for hydroxylation is 1. The minimum atomic E-state index is 0.465. The van der Waals surface area contributed by atoms with Gasteiger partial charge in [0.15, 0.2) is 5.13 Å². The number of benzene rings is 1. The normalized spacial score (nSPS) is 17.4. The first-order valence-corrected chi connectivity index (χ1v) is 9.44. The van der Waals surface area contributed by atoms with E-state index in [1.807, 2.05) is 31.3 Å². The van der Waals surface area contributed by atoms with Crippen LogP contribution in [0.2, 0.25) is 0 Å². The molecule has 3 aromatic rings. The smallest absolute Gasteiger partial charge is 0.188 e. The summed E-state index contributed by atoms with van der Waals surface area (Å²) >= 11 is 1.63. The first kappa shape index (κ1) is 16.2. The Labute approximate surface area is 151 Å². The zero-order chi connectivity index (χ0) is 17.1. The van der Waals surface area contributed by atoms with Gasteiger partial charge in [0, 0.05) is 24.7 Å². The molecular formula is C19H21N5S. The molecule has 5 nitrogen and oxygen atoms in total. The van der Waals surface area contributed by atoms with Crippen LogP contribution in [0.1, 0.15) is 30.3 Å². The van der Waals surface area contributed by atoms with Gasteiger partial charge in [-0.3, -0.25) is 0 Å². The molecule has 0 radical (unpaired) electrons. The molecule has 128 valence electrons. The number of rotatable bonds is 4. The predicted octanol–water partition coefficient (Wildman–Crippen LogP) is 4.12. The lowest BCUT2D eigenvalue weighted by Crippen LogP contribution is -2.29. The van der Waals surface area contributed by atoms with Gasteiger partial charge in [-0.25, -0.2) is 15.0 Å². The van der Waals surface area contributed by atoms with Crippen molar-refractivity contribution in [2.45, 2.75) is 25.7 Å². The topological polar surface area (TPSA) is 62.7 Å². The third-order valence-electron chi connectivity index (χ3n) is 4.37. The van der Waals surface area contributed by atoms with Gasteiger partial charge in [0.2, 0.25) is 0 Å². The molecule has 2 N–H and O–H groups in total. The fourth-order valence-electron chi connectivity index (χ4n) is 3.15. The Morgan fingerprint density at radius 2 is 2.08 bits per heavy atom. The number of nitrogens with zero attached hydrogens (tertiary/aromatic N) is 3. The summed E-state index contributed by atoms with van der Waals surface area (Å²) in [5.74, 6) is 2.08. The molecule has 0 amide bonds.